The van der Waals surface area contributed by atoms with Gasteiger partial charge < -0.3 is 14.4 Å². The van der Waals surface area contributed by atoms with Crippen molar-refractivity contribution < 1.29 is 14.3 Å². The summed E-state index contributed by atoms with van der Waals surface area (Å²) in [5, 5.41) is 1.78. The number of ether oxygens (including phenoxy) is 2. The number of hydrogen-bond acceptors (Lipinski definition) is 6. The second-order valence-corrected chi connectivity index (χ2v) is 9.01. The van der Waals surface area contributed by atoms with E-state index in [1.54, 1.807) is 20.5 Å². The fourth-order valence-electron chi connectivity index (χ4n) is 4.52. The van der Waals surface area contributed by atoms with E-state index in [9.17, 15) is 4.79 Å². The van der Waals surface area contributed by atoms with Crippen molar-refractivity contribution >= 4 is 28.6 Å². The van der Waals surface area contributed by atoms with Gasteiger partial charge in [0.05, 0.1) is 31.5 Å². The molecule has 0 fully saturated rings. The summed E-state index contributed by atoms with van der Waals surface area (Å²) in [5.74, 6) is 1.74. The summed E-state index contributed by atoms with van der Waals surface area (Å²) in [6, 6.07) is 21.9. The van der Waals surface area contributed by atoms with E-state index in [-0.39, 0.29) is 11.9 Å². The van der Waals surface area contributed by atoms with Gasteiger partial charge in [-0.15, -0.1) is 0 Å². The molecule has 0 bridgehead atoms. The topological polar surface area (TPSA) is 64.6 Å². The van der Waals surface area contributed by atoms with Crippen LogP contribution in [-0.2, 0) is 11.2 Å². The van der Waals surface area contributed by atoms with E-state index >= 15 is 0 Å². The highest BCUT2D eigenvalue weighted by Crippen LogP contribution is 2.41. The number of para-hydroxylation sites is 1. The molecule has 7 heteroatoms. The van der Waals surface area contributed by atoms with Crippen LogP contribution < -0.4 is 9.47 Å². The fourth-order valence-corrected chi connectivity index (χ4v) is 5.39. The molecular formula is C27H25N3O3S. The number of nitrogens with zero attached hydrogens (tertiary/aromatic N) is 3. The maximum absolute atomic E-state index is 13.6. The quantitative estimate of drug-likeness (QED) is 0.294. The number of methoxy groups -OCH3 is 2. The normalized spacial score (nSPS) is 15.1. The van der Waals surface area contributed by atoms with Crippen LogP contribution in [0.4, 0.5) is 0 Å². The molecule has 0 spiro atoms. The lowest BCUT2D eigenvalue weighted by Gasteiger charge is -2.38. The van der Waals surface area contributed by atoms with Crippen LogP contribution in [0.5, 0.6) is 11.5 Å². The fraction of sp³-hybridized carbons (Fsp3) is 0.222. The Hall–Kier alpha value is -3.58. The van der Waals surface area contributed by atoms with Crippen molar-refractivity contribution in [2.45, 2.75) is 17.5 Å². The Morgan fingerprint density at radius 2 is 1.74 bits per heavy atom. The van der Waals surface area contributed by atoms with Gasteiger partial charge >= 0.3 is 0 Å². The molecule has 1 atom stereocenters. The highest BCUT2D eigenvalue weighted by molar-refractivity contribution is 8.00. The van der Waals surface area contributed by atoms with Crippen LogP contribution in [0.2, 0.25) is 0 Å². The maximum Gasteiger partial charge on any atom is 0.233 e. The first kappa shape index (κ1) is 22.2. The number of hydrogen-bond donors (Lipinski definition) is 0. The van der Waals surface area contributed by atoms with Crippen LogP contribution in [0.1, 0.15) is 22.7 Å². The Morgan fingerprint density at radius 1 is 1.00 bits per heavy atom. The molecule has 1 aromatic heterocycles. The van der Waals surface area contributed by atoms with E-state index in [2.05, 4.69) is 22.1 Å². The van der Waals surface area contributed by atoms with Crippen molar-refractivity contribution in [2.75, 3.05) is 26.5 Å². The number of carbonyl (C=O) groups excluding carboxylic acids is 1. The Kier molecular flexibility index (Phi) is 6.36. The van der Waals surface area contributed by atoms with Crippen molar-refractivity contribution in [1.29, 1.82) is 0 Å². The molecule has 0 saturated heterocycles. The molecule has 5 rings (SSSR count). The summed E-state index contributed by atoms with van der Waals surface area (Å²) in [4.78, 5) is 24.3. The van der Waals surface area contributed by atoms with E-state index in [1.807, 2.05) is 59.5 Å². The molecular weight excluding hydrogens is 446 g/mol. The third kappa shape index (κ3) is 4.19. The third-order valence-corrected chi connectivity index (χ3v) is 7.14. The number of carbonyl (C=O) groups is 1. The molecule has 6 nitrogen and oxygen atoms in total. The lowest BCUT2D eigenvalue weighted by molar-refractivity contribution is -0.130. The minimum Gasteiger partial charge on any atom is -0.493 e. The van der Waals surface area contributed by atoms with Gasteiger partial charge in [-0.3, -0.25) is 4.79 Å². The summed E-state index contributed by atoms with van der Waals surface area (Å²) in [6.45, 7) is 0.631. The van der Waals surface area contributed by atoms with Crippen LogP contribution in [0.3, 0.4) is 0 Å². The van der Waals surface area contributed by atoms with Gasteiger partial charge in [0, 0.05) is 11.9 Å². The highest BCUT2D eigenvalue weighted by atomic mass is 32.2. The van der Waals surface area contributed by atoms with Gasteiger partial charge in [0.2, 0.25) is 5.91 Å². The molecule has 1 aliphatic heterocycles. The van der Waals surface area contributed by atoms with Gasteiger partial charge in [-0.25, -0.2) is 9.97 Å². The van der Waals surface area contributed by atoms with Crippen molar-refractivity contribution in [2.24, 2.45) is 0 Å². The molecule has 172 valence electrons. The van der Waals surface area contributed by atoms with Crippen molar-refractivity contribution in [3.8, 4) is 11.5 Å². The van der Waals surface area contributed by atoms with E-state index < -0.39 is 0 Å². The zero-order chi connectivity index (χ0) is 23.5. The van der Waals surface area contributed by atoms with Gasteiger partial charge in [-0.05, 0) is 41.3 Å². The average molecular weight is 472 g/mol. The van der Waals surface area contributed by atoms with E-state index in [1.165, 1.54) is 17.3 Å². The monoisotopic (exact) mass is 471 g/mol. The number of fused-ring (bicyclic) bond motifs is 2. The number of benzene rings is 3. The maximum atomic E-state index is 13.6. The minimum absolute atomic E-state index is 0.0713. The predicted molar refractivity (Wildman–Crippen MR) is 134 cm³/mol. The zero-order valence-corrected chi connectivity index (χ0v) is 19.9. The van der Waals surface area contributed by atoms with Gasteiger partial charge in [0.25, 0.3) is 0 Å². The van der Waals surface area contributed by atoms with Gasteiger partial charge in [0.1, 0.15) is 11.4 Å². The first-order chi connectivity index (χ1) is 16.7. The van der Waals surface area contributed by atoms with Crippen LogP contribution in [0.15, 0.2) is 78.1 Å². The Bertz CT molecular complexity index is 1320. The van der Waals surface area contributed by atoms with Crippen LogP contribution >= 0.6 is 11.8 Å². The first-order valence-electron chi connectivity index (χ1n) is 11.1. The molecule has 34 heavy (non-hydrogen) atoms. The van der Waals surface area contributed by atoms with Crippen LogP contribution in [0, 0.1) is 0 Å². The molecule has 3 aromatic carbocycles. The smallest absolute Gasteiger partial charge is 0.233 e. The minimum atomic E-state index is -0.194. The lowest BCUT2D eigenvalue weighted by atomic mass is 9.87. The molecule has 4 aromatic rings. The number of thioether (sulfide) groups is 1. The lowest BCUT2D eigenvalue weighted by Crippen LogP contribution is -2.41. The first-order valence-corrected chi connectivity index (χ1v) is 12.1. The number of aromatic nitrogens is 2. The zero-order valence-electron chi connectivity index (χ0n) is 19.1. The Morgan fingerprint density at radius 3 is 2.53 bits per heavy atom. The summed E-state index contributed by atoms with van der Waals surface area (Å²) < 4.78 is 11.1. The number of rotatable bonds is 6. The third-order valence-electron chi connectivity index (χ3n) is 6.15. The van der Waals surface area contributed by atoms with Crippen LogP contribution in [-0.4, -0.2) is 47.3 Å². The van der Waals surface area contributed by atoms with Crippen molar-refractivity contribution in [3.63, 3.8) is 0 Å². The van der Waals surface area contributed by atoms with E-state index in [4.69, 9.17) is 9.47 Å². The van der Waals surface area contributed by atoms with E-state index in [0.717, 1.165) is 33.5 Å². The van der Waals surface area contributed by atoms with Crippen molar-refractivity contribution in [1.82, 2.24) is 14.9 Å². The molecule has 1 aliphatic rings. The number of amides is 1. The standard InChI is InChI=1S/C27H25N3O3S/c1-32-23-14-19-12-13-30(26(18-8-4-3-5-9-18)21(19)15-24(23)33-2)25(31)16-34-27-20-10-6-7-11-22(20)28-17-29-27/h3-11,14-15,17,26H,12-13,16H2,1-2H3/t26-/m1/s1. The van der Waals surface area contributed by atoms with Crippen molar-refractivity contribution in [3.05, 3.63) is 89.7 Å². The Balaban J connectivity index is 1.47. The van der Waals surface area contributed by atoms with Gasteiger partial charge in [-0.2, -0.15) is 0 Å². The summed E-state index contributed by atoms with van der Waals surface area (Å²) in [5.41, 5.74) is 4.19. The summed E-state index contributed by atoms with van der Waals surface area (Å²) >= 11 is 1.46. The average Bonchev–Trinajstić information content (AvgIpc) is 2.90. The van der Waals surface area contributed by atoms with Gasteiger partial charge in [0.15, 0.2) is 11.5 Å². The molecule has 2 heterocycles. The van der Waals surface area contributed by atoms with E-state index in [0.29, 0.717) is 23.8 Å². The van der Waals surface area contributed by atoms with Crippen LogP contribution in [0.25, 0.3) is 10.9 Å². The summed E-state index contributed by atoms with van der Waals surface area (Å²) in [6.07, 6.45) is 2.31. The predicted octanol–water partition coefficient (Wildman–Crippen LogP) is 4.91. The largest absolute Gasteiger partial charge is 0.493 e. The SMILES string of the molecule is COc1cc2c(cc1OC)[C@@H](c1ccccc1)N(C(=O)CSc1ncnc3ccccc13)CC2. The highest BCUT2D eigenvalue weighted by Gasteiger charge is 2.33. The Labute approximate surface area is 202 Å². The summed E-state index contributed by atoms with van der Waals surface area (Å²) in [7, 11) is 3.28. The molecule has 0 saturated carbocycles. The molecule has 0 N–H and O–H groups in total. The molecule has 0 aliphatic carbocycles. The van der Waals surface area contributed by atoms with Gasteiger partial charge in [-0.1, -0.05) is 60.3 Å². The second kappa shape index (κ2) is 9.73. The molecule has 1 amide bonds. The molecule has 0 radical (unpaired) electrons. The second-order valence-electron chi connectivity index (χ2n) is 8.04. The molecule has 0 unspecified atom stereocenters.